The summed E-state index contributed by atoms with van der Waals surface area (Å²) in [7, 11) is 1.56. The topological polar surface area (TPSA) is 104 Å². The third-order valence-corrected chi connectivity index (χ3v) is 9.80. The van der Waals surface area contributed by atoms with Crippen molar-refractivity contribution in [2.75, 3.05) is 7.11 Å². The van der Waals surface area contributed by atoms with Gasteiger partial charge in [-0.3, -0.25) is 0 Å². The van der Waals surface area contributed by atoms with E-state index >= 15 is 0 Å². The number of methoxy groups -OCH3 is 1. The maximum atomic E-state index is 11.1. The number of ether oxygens (including phenoxy) is 1. The molecule has 1 atom stereocenters. The number of thioether (sulfide) groups is 1. The Morgan fingerprint density at radius 3 is 1.08 bits per heavy atom. The molecule has 0 bridgehead atoms. The summed E-state index contributed by atoms with van der Waals surface area (Å²) < 4.78 is 2.54. The lowest BCUT2D eigenvalue weighted by Crippen LogP contribution is -2.52. The van der Waals surface area contributed by atoms with Crippen molar-refractivity contribution in [3.05, 3.63) is 138 Å². The van der Waals surface area contributed by atoms with Crippen LogP contribution < -0.4 is 4.74 Å². The van der Waals surface area contributed by atoms with E-state index in [1.807, 2.05) is 103 Å². The molecule has 1 aliphatic heterocycles. The number of nitrogens with zero attached hydrogens (tertiary/aromatic N) is 4. The van der Waals surface area contributed by atoms with Crippen molar-refractivity contribution in [2.24, 2.45) is 10.8 Å². The van der Waals surface area contributed by atoms with Gasteiger partial charge in [0, 0.05) is 0 Å². The van der Waals surface area contributed by atoms with Crippen molar-refractivity contribution in [1.82, 2.24) is 0 Å². The van der Waals surface area contributed by atoms with E-state index in [9.17, 15) is 21.0 Å². The van der Waals surface area contributed by atoms with Crippen LogP contribution in [0.3, 0.4) is 0 Å². The molecule has 0 aliphatic carbocycles. The normalized spacial score (nSPS) is 19.9. The van der Waals surface area contributed by atoms with E-state index in [1.165, 1.54) is 11.8 Å². The molecule has 1 heterocycles. The SMILES string of the molecule is COc1ccc(C2(c3ccccc3)SC(c3ccccc3)(c3ccccc3)C(C#N)(C#N)C2(C#N)C#N)cc1. The summed E-state index contributed by atoms with van der Waals surface area (Å²) in [6.45, 7) is 0. The standard InChI is InChI=1S/C33H22N4OS/c1-38-29-19-17-28(18-20-29)33(27-15-9-4-10-16-27)31(23-36,24-37)30(21-34,22-35)32(39-33,25-11-5-2-6-12-25)26-13-7-3-8-14-26/h2-20H,1H3. The highest BCUT2D eigenvalue weighted by Gasteiger charge is 2.83. The van der Waals surface area contributed by atoms with Crippen LogP contribution in [0.25, 0.3) is 0 Å². The maximum absolute atomic E-state index is 11.1. The van der Waals surface area contributed by atoms with Crippen molar-refractivity contribution < 1.29 is 4.74 Å². The molecule has 1 unspecified atom stereocenters. The van der Waals surface area contributed by atoms with Gasteiger partial charge in [0.2, 0.25) is 0 Å². The number of hydrogen-bond donors (Lipinski definition) is 0. The second-order valence-electron chi connectivity index (χ2n) is 9.24. The molecule has 0 aromatic heterocycles. The zero-order valence-corrected chi connectivity index (χ0v) is 21.9. The lowest BCUT2D eigenvalue weighted by atomic mass is 9.50. The van der Waals surface area contributed by atoms with E-state index in [4.69, 9.17) is 4.74 Å². The van der Waals surface area contributed by atoms with Crippen LogP contribution >= 0.6 is 11.8 Å². The average molecular weight is 523 g/mol. The quantitative estimate of drug-likeness (QED) is 0.289. The van der Waals surface area contributed by atoms with Crippen LogP contribution in [0.5, 0.6) is 5.75 Å². The Bertz CT molecular complexity index is 1590. The molecule has 186 valence electrons. The molecule has 1 aliphatic rings. The van der Waals surface area contributed by atoms with Crippen LogP contribution in [0.15, 0.2) is 115 Å². The van der Waals surface area contributed by atoms with Crippen molar-refractivity contribution >= 4 is 11.8 Å². The average Bonchev–Trinajstić information content (AvgIpc) is 3.27. The molecule has 5 rings (SSSR count). The fourth-order valence-corrected chi connectivity index (χ4v) is 8.16. The van der Waals surface area contributed by atoms with E-state index in [-0.39, 0.29) is 0 Å². The highest BCUT2D eigenvalue weighted by molar-refractivity contribution is 8.02. The van der Waals surface area contributed by atoms with Gasteiger partial charge < -0.3 is 4.74 Å². The van der Waals surface area contributed by atoms with Crippen molar-refractivity contribution in [3.8, 4) is 30.0 Å². The Morgan fingerprint density at radius 1 is 0.487 bits per heavy atom. The smallest absolute Gasteiger partial charge is 0.200 e. The zero-order valence-electron chi connectivity index (χ0n) is 21.1. The predicted molar refractivity (Wildman–Crippen MR) is 149 cm³/mol. The monoisotopic (exact) mass is 522 g/mol. The van der Waals surface area contributed by atoms with E-state index in [2.05, 4.69) is 24.3 Å². The van der Waals surface area contributed by atoms with Crippen LogP contribution in [-0.2, 0) is 9.49 Å². The van der Waals surface area contributed by atoms with Crippen LogP contribution in [-0.4, -0.2) is 7.11 Å². The molecule has 0 N–H and O–H groups in total. The lowest BCUT2D eigenvalue weighted by Gasteiger charge is -2.40. The third-order valence-electron chi connectivity index (χ3n) is 7.63. The van der Waals surface area contributed by atoms with Gasteiger partial charge in [0.25, 0.3) is 0 Å². The van der Waals surface area contributed by atoms with Crippen LogP contribution in [0, 0.1) is 56.2 Å². The van der Waals surface area contributed by atoms with Gasteiger partial charge in [-0.1, -0.05) is 103 Å². The van der Waals surface area contributed by atoms with E-state index in [1.54, 1.807) is 19.2 Å². The molecular weight excluding hydrogens is 500 g/mol. The summed E-state index contributed by atoms with van der Waals surface area (Å²) in [5, 5.41) is 44.3. The Morgan fingerprint density at radius 2 is 0.795 bits per heavy atom. The third kappa shape index (κ3) is 3.17. The summed E-state index contributed by atoms with van der Waals surface area (Å²) in [4.78, 5) is 0. The van der Waals surface area contributed by atoms with Gasteiger partial charge in [-0.05, 0) is 34.4 Å². The number of benzene rings is 4. The largest absolute Gasteiger partial charge is 0.497 e. The molecule has 0 radical (unpaired) electrons. The Hall–Kier alpha value is -5.01. The molecule has 1 fully saturated rings. The fraction of sp³-hybridized carbons (Fsp3) is 0.152. The maximum Gasteiger partial charge on any atom is 0.200 e. The molecule has 4 aromatic carbocycles. The number of hydrogen-bond acceptors (Lipinski definition) is 6. The van der Waals surface area contributed by atoms with E-state index in [0.717, 1.165) is 0 Å². The second-order valence-corrected chi connectivity index (χ2v) is 10.7. The van der Waals surface area contributed by atoms with Gasteiger partial charge in [0.15, 0.2) is 10.8 Å². The zero-order chi connectivity index (χ0) is 27.6. The van der Waals surface area contributed by atoms with Crippen LogP contribution in [0.2, 0.25) is 0 Å². The second kappa shape index (κ2) is 9.70. The van der Waals surface area contributed by atoms with Gasteiger partial charge in [-0.2, -0.15) is 21.0 Å². The summed E-state index contributed by atoms with van der Waals surface area (Å²) in [5.74, 6) is 0.605. The molecule has 0 spiro atoms. The summed E-state index contributed by atoms with van der Waals surface area (Å²) in [6.07, 6.45) is 0. The minimum Gasteiger partial charge on any atom is -0.497 e. The van der Waals surface area contributed by atoms with Gasteiger partial charge in [-0.15, -0.1) is 11.8 Å². The first-order chi connectivity index (χ1) is 19.1. The molecule has 39 heavy (non-hydrogen) atoms. The molecular formula is C33H22N4OS. The minimum atomic E-state index is -2.14. The molecule has 0 amide bonds. The predicted octanol–water partition coefficient (Wildman–Crippen LogP) is 6.70. The van der Waals surface area contributed by atoms with Crippen LogP contribution in [0.4, 0.5) is 0 Å². The number of rotatable bonds is 5. The first-order valence-corrected chi connectivity index (χ1v) is 13.0. The Kier molecular flexibility index (Phi) is 6.38. The summed E-state index contributed by atoms with van der Waals surface area (Å²) >= 11 is 1.31. The first-order valence-electron chi connectivity index (χ1n) is 12.2. The van der Waals surface area contributed by atoms with Gasteiger partial charge in [0.1, 0.15) is 15.2 Å². The number of nitriles is 4. The van der Waals surface area contributed by atoms with Gasteiger partial charge in [-0.25, -0.2) is 0 Å². The minimum absolute atomic E-state index is 0.605. The van der Waals surface area contributed by atoms with Crippen LogP contribution in [0.1, 0.15) is 22.3 Å². The highest BCUT2D eigenvalue weighted by Crippen LogP contribution is 2.80. The first kappa shape index (κ1) is 25.6. The molecule has 0 saturated carbocycles. The Balaban J connectivity index is 2.05. The molecule has 4 aromatic rings. The Labute approximate surface area is 232 Å². The summed E-state index contributed by atoms with van der Waals surface area (Å²) in [6, 6.07) is 44.0. The van der Waals surface area contributed by atoms with Gasteiger partial charge >= 0.3 is 0 Å². The lowest BCUT2D eigenvalue weighted by molar-refractivity contribution is 0.237. The van der Waals surface area contributed by atoms with E-state index in [0.29, 0.717) is 28.0 Å². The van der Waals surface area contributed by atoms with Gasteiger partial charge in [0.05, 0.1) is 31.4 Å². The van der Waals surface area contributed by atoms with Crippen molar-refractivity contribution in [1.29, 1.82) is 21.0 Å². The van der Waals surface area contributed by atoms with Crippen molar-refractivity contribution in [3.63, 3.8) is 0 Å². The van der Waals surface area contributed by atoms with E-state index < -0.39 is 20.3 Å². The molecule has 1 saturated heterocycles. The highest BCUT2D eigenvalue weighted by atomic mass is 32.2. The molecule has 5 nitrogen and oxygen atoms in total. The van der Waals surface area contributed by atoms with Crippen molar-refractivity contribution in [2.45, 2.75) is 9.49 Å². The summed E-state index contributed by atoms with van der Waals surface area (Å²) in [5.41, 5.74) is -1.70. The fourth-order valence-electron chi connectivity index (χ4n) is 5.89. The molecule has 6 heteroatoms.